The van der Waals surface area contributed by atoms with Gasteiger partial charge in [0.1, 0.15) is 6.10 Å². The van der Waals surface area contributed by atoms with Gasteiger partial charge in [-0.2, -0.15) is 0 Å². The summed E-state index contributed by atoms with van der Waals surface area (Å²) >= 11 is 0. The van der Waals surface area contributed by atoms with E-state index in [1.165, 1.54) is 6.20 Å². The zero-order chi connectivity index (χ0) is 10.1. The van der Waals surface area contributed by atoms with E-state index >= 15 is 0 Å². The van der Waals surface area contributed by atoms with Gasteiger partial charge in [-0.05, 0) is 31.3 Å². The predicted octanol–water partition coefficient (Wildman–Crippen LogP) is -0.389. The highest BCUT2D eigenvalue weighted by molar-refractivity contribution is 6.59. The number of aromatic nitrogens is 1. The Labute approximate surface area is 82.7 Å². The van der Waals surface area contributed by atoms with Crippen molar-refractivity contribution >= 4 is 12.6 Å². The molecule has 0 amide bonds. The number of nitrogens with zero attached hydrogens (tertiary/aromatic N) is 1. The predicted molar refractivity (Wildman–Crippen MR) is 52.4 cm³/mol. The first-order valence-electron chi connectivity index (χ1n) is 4.67. The summed E-state index contributed by atoms with van der Waals surface area (Å²) in [6.07, 6.45) is 3.92. The lowest BCUT2D eigenvalue weighted by molar-refractivity contribution is 0.289. The fourth-order valence-corrected chi connectivity index (χ4v) is 1.27. The summed E-state index contributed by atoms with van der Waals surface area (Å²) in [5, 5.41) is 18.1. The summed E-state index contributed by atoms with van der Waals surface area (Å²) in [6.45, 7) is 1.78. The molecule has 0 bridgehead atoms. The van der Waals surface area contributed by atoms with Crippen molar-refractivity contribution in [2.24, 2.45) is 0 Å². The highest BCUT2D eigenvalue weighted by atomic mass is 16.5. The molecular weight excluding hydrogens is 181 g/mol. The van der Waals surface area contributed by atoms with Gasteiger partial charge in [0, 0.05) is 11.8 Å². The molecule has 14 heavy (non-hydrogen) atoms. The Bertz CT molecular complexity index is 339. The molecule has 1 aromatic rings. The molecule has 1 heterocycles. The van der Waals surface area contributed by atoms with Gasteiger partial charge < -0.3 is 14.8 Å². The number of hydrogen-bond donors (Lipinski definition) is 2. The molecule has 1 fully saturated rings. The van der Waals surface area contributed by atoms with Crippen LogP contribution in [0.5, 0.6) is 5.88 Å². The summed E-state index contributed by atoms with van der Waals surface area (Å²) in [5.74, 6) is 0.512. The van der Waals surface area contributed by atoms with E-state index < -0.39 is 7.12 Å². The molecule has 0 aromatic carbocycles. The third-order valence-electron chi connectivity index (χ3n) is 2.28. The molecule has 4 nitrogen and oxygen atoms in total. The van der Waals surface area contributed by atoms with Crippen LogP contribution >= 0.6 is 0 Å². The van der Waals surface area contributed by atoms with Crippen LogP contribution < -0.4 is 10.2 Å². The van der Waals surface area contributed by atoms with Crippen LogP contribution in [0.3, 0.4) is 0 Å². The Morgan fingerprint density at radius 1 is 1.50 bits per heavy atom. The van der Waals surface area contributed by atoms with E-state index in [-0.39, 0.29) is 6.10 Å². The zero-order valence-electron chi connectivity index (χ0n) is 7.97. The molecule has 1 aliphatic carbocycles. The van der Waals surface area contributed by atoms with Gasteiger partial charge in [-0.25, -0.2) is 4.98 Å². The minimum absolute atomic E-state index is 0.271. The molecule has 2 N–H and O–H groups in total. The molecule has 2 rings (SSSR count). The van der Waals surface area contributed by atoms with E-state index in [1.54, 1.807) is 13.0 Å². The van der Waals surface area contributed by atoms with Crippen molar-refractivity contribution in [3.63, 3.8) is 0 Å². The normalized spacial score (nSPS) is 15.4. The number of ether oxygens (including phenoxy) is 1. The van der Waals surface area contributed by atoms with Gasteiger partial charge in [0.2, 0.25) is 5.88 Å². The van der Waals surface area contributed by atoms with Gasteiger partial charge in [0.15, 0.2) is 0 Å². The van der Waals surface area contributed by atoms with Crippen molar-refractivity contribution < 1.29 is 14.8 Å². The quantitative estimate of drug-likeness (QED) is 0.641. The molecule has 0 radical (unpaired) electrons. The second-order valence-electron chi connectivity index (χ2n) is 3.52. The Morgan fingerprint density at radius 3 is 2.79 bits per heavy atom. The van der Waals surface area contributed by atoms with Gasteiger partial charge in [0.05, 0.1) is 0 Å². The molecule has 0 unspecified atom stereocenters. The minimum atomic E-state index is -1.46. The van der Waals surface area contributed by atoms with E-state index in [1.807, 2.05) is 0 Å². The SMILES string of the molecule is Cc1c(B(O)O)ccnc1OC1CC1. The van der Waals surface area contributed by atoms with Crippen molar-refractivity contribution in [3.8, 4) is 5.88 Å². The summed E-state index contributed by atoms with van der Waals surface area (Å²) in [5.41, 5.74) is 1.16. The Morgan fingerprint density at radius 2 is 2.21 bits per heavy atom. The van der Waals surface area contributed by atoms with Crippen molar-refractivity contribution in [2.75, 3.05) is 0 Å². The smallest absolute Gasteiger partial charge is 0.474 e. The van der Waals surface area contributed by atoms with E-state index in [9.17, 15) is 0 Å². The first-order chi connectivity index (χ1) is 6.68. The Balaban J connectivity index is 2.25. The number of rotatable bonds is 3. The molecule has 1 aromatic heterocycles. The molecule has 5 heteroatoms. The van der Waals surface area contributed by atoms with Crippen LogP contribution in [0.2, 0.25) is 0 Å². The molecule has 0 spiro atoms. The second-order valence-corrected chi connectivity index (χ2v) is 3.52. The number of hydrogen-bond acceptors (Lipinski definition) is 4. The molecular formula is C9H12BNO3. The van der Waals surface area contributed by atoms with Crippen LogP contribution in [0.1, 0.15) is 18.4 Å². The third-order valence-corrected chi connectivity index (χ3v) is 2.28. The Kier molecular flexibility index (Phi) is 2.43. The fourth-order valence-electron chi connectivity index (χ4n) is 1.27. The summed E-state index contributed by atoms with van der Waals surface area (Å²) in [4.78, 5) is 4.06. The van der Waals surface area contributed by atoms with Crippen LogP contribution in [0.15, 0.2) is 12.3 Å². The van der Waals surface area contributed by atoms with Gasteiger partial charge in [-0.3, -0.25) is 0 Å². The molecule has 0 aliphatic heterocycles. The topological polar surface area (TPSA) is 62.6 Å². The van der Waals surface area contributed by atoms with E-state index in [0.717, 1.165) is 12.8 Å². The van der Waals surface area contributed by atoms with Crippen molar-refractivity contribution in [3.05, 3.63) is 17.8 Å². The van der Waals surface area contributed by atoms with Crippen LogP contribution in [0.25, 0.3) is 0 Å². The molecule has 0 atom stereocenters. The summed E-state index contributed by atoms with van der Waals surface area (Å²) in [6, 6.07) is 1.58. The lowest BCUT2D eigenvalue weighted by Crippen LogP contribution is -2.32. The summed E-state index contributed by atoms with van der Waals surface area (Å²) in [7, 11) is -1.46. The maximum atomic E-state index is 9.05. The largest absolute Gasteiger partial charge is 0.488 e. The first-order valence-corrected chi connectivity index (χ1v) is 4.67. The lowest BCUT2D eigenvalue weighted by Gasteiger charge is -2.09. The molecule has 74 valence electrons. The Hall–Kier alpha value is -1.07. The number of pyridine rings is 1. The van der Waals surface area contributed by atoms with Crippen LogP contribution in [0, 0.1) is 6.92 Å². The van der Waals surface area contributed by atoms with Crippen molar-refractivity contribution in [1.29, 1.82) is 0 Å². The van der Waals surface area contributed by atoms with Crippen molar-refractivity contribution in [2.45, 2.75) is 25.9 Å². The van der Waals surface area contributed by atoms with Crippen LogP contribution in [-0.4, -0.2) is 28.3 Å². The maximum absolute atomic E-state index is 9.05. The molecule has 1 aliphatic rings. The maximum Gasteiger partial charge on any atom is 0.488 e. The van der Waals surface area contributed by atoms with Crippen LogP contribution in [0.4, 0.5) is 0 Å². The average molecular weight is 193 g/mol. The third kappa shape index (κ3) is 1.88. The highest BCUT2D eigenvalue weighted by Gasteiger charge is 2.26. The fraction of sp³-hybridized carbons (Fsp3) is 0.444. The van der Waals surface area contributed by atoms with Gasteiger partial charge in [0.25, 0.3) is 0 Å². The monoisotopic (exact) mass is 193 g/mol. The zero-order valence-corrected chi connectivity index (χ0v) is 7.97. The molecule has 1 saturated carbocycles. The standard InChI is InChI=1S/C9H12BNO3/c1-6-8(10(12)13)4-5-11-9(6)14-7-2-3-7/h4-5,7,12-13H,2-3H2,1H3. The minimum Gasteiger partial charge on any atom is -0.474 e. The van der Waals surface area contributed by atoms with Gasteiger partial charge in [-0.15, -0.1) is 0 Å². The van der Waals surface area contributed by atoms with Crippen molar-refractivity contribution in [1.82, 2.24) is 4.98 Å². The average Bonchev–Trinajstić information content (AvgIpc) is 2.92. The van der Waals surface area contributed by atoms with E-state index in [0.29, 0.717) is 16.9 Å². The highest BCUT2D eigenvalue weighted by Crippen LogP contribution is 2.26. The molecule has 0 saturated heterocycles. The lowest BCUT2D eigenvalue weighted by atomic mass is 9.78. The van der Waals surface area contributed by atoms with Gasteiger partial charge in [-0.1, -0.05) is 0 Å². The first kappa shape index (κ1) is 9.49. The van der Waals surface area contributed by atoms with E-state index in [2.05, 4.69) is 4.98 Å². The van der Waals surface area contributed by atoms with Crippen LogP contribution in [-0.2, 0) is 0 Å². The second kappa shape index (κ2) is 3.59. The van der Waals surface area contributed by atoms with E-state index in [4.69, 9.17) is 14.8 Å². The summed E-state index contributed by atoms with van der Waals surface area (Å²) < 4.78 is 5.51. The van der Waals surface area contributed by atoms with Gasteiger partial charge >= 0.3 is 7.12 Å².